The van der Waals surface area contributed by atoms with E-state index in [9.17, 15) is 9.18 Å². The van der Waals surface area contributed by atoms with E-state index in [1.165, 1.54) is 6.07 Å². The number of fused-ring (bicyclic) bond motifs is 2. The minimum Gasteiger partial charge on any atom is -0.337 e. The van der Waals surface area contributed by atoms with Crippen molar-refractivity contribution >= 4 is 17.5 Å². The van der Waals surface area contributed by atoms with Crippen molar-refractivity contribution in [3.63, 3.8) is 0 Å². The number of rotatable bonds is 4. The summed E-state index contributed by atoms with van der Waals surface area (Å²) in [6.07, 6.45) is 8.24. The van der Waals surface area contributed by atoms with Gasteiger partial charge in [0.2, 0.25) is 5.91 Å². The van der Waals surface area contributed by atoms with Crippen LogP contribution in [0.2, 0.25) is 5.02 Å². The van der Waals surface area contributed by atoms with E-state index in [1.54, 1.807) is 29.3 Å². The molecule has 25 heavy (non-hydrogen) atoms. The molecule has 0 N–H and O–H groups in total. The van der Waals surface area contributed by atoms with Gasteiger partial charge >= 0.3 is 0 Å². The van der Waals surface area contributed by atoms with Crippen LogP contribution in [0.1, 0.15) is 43.7 Å². The Hall–Kier alpha value is -1.95. The first-order valence-electron chi connectivity index (χ1n) is 8.72. The Morgan fingerprint density at radius 1 is 1.16 bits per heavy atom. The van der Waals surface area contributed by atoms with Crippen molar-refractivity contribution in [2.24, 2.45) is 0 Å². The van der Waals surface area contributed by atoms with Gasteiger partial charge in [-0.3, -0.25) is 4.79 Å². The standard InChI is InChI=1S/C18H20ClFN4O/c19-16-5-1-12(9-17(16)20)2-6-18(25)23-13-3-4-14(23)11-15(10-13)24-21-7-8-22-24/h1,5,7-9,13-15H,2-4,6,10-11H2. The van der Waals surface area contributed by atoms with Crippen molar-refractivity contribution in [1.82, 2.24) is 19.9 Å². The lowest BCUT2D eigenvalue weighted by atomic mass is 9.97. The van der Waals surface area contributed by atoms with Crippen LogP contribution in [0.15, 0.2) is 30.6 Å². The van der Waals surface area contributed by atoms with Gasteiger partial charge in [-0.1, -0.05) is 17.7 Å². The van der Waals surface area contributed by atoms with Crippen molar-refractivity contribution in [2.45, 2.75) is 56.7 Å². The molecule has 4 rings (SSSR count). The lowest BCUT2D eigenvalue weighted by Crippen LogP contribution is -2.47. The topological polar surface area (TPSA) is 51.0 Å². The quantitative estimate of drug-likeness (QED) is 0.837. The Labute approximate surface area is 150 Å². The SMILES string of the molecule is O=C(CCc1ccc(Cl)c(F)c1)N1C2CCC1CC(n1nccn1)C2. The van der Waals surface area contributed by atoms with Crippen molar-refractivity contribution in [1.29, 1.82) is 0 Å². The van der Waals surface area contributed by atoms with Gasteiger partial charge < -0.3 is 4.90 Å². The Morgan fingerprint density at radius 3 is 2.48 bits per heavy atom. The predicted molar refractivity (Wildman–Crippen MR) is 91.7 cm³/mol. The zero-order chi connectivity index (χ0) is 17.4. The number of amides is 1. The smallest absolute Gasteiger partial charge is 0.223 e. The number of carbonyl (C=O) groups is 1. The van der Waals surface area contributed by atoms with Crippen LogP contribution in [-0.2, 0) is 11.2 Å². The van der Waals surface area contributed by atoms with Crippen molar-refractivity contribution in [2.75, 3.05) is 0 Å². The summed E-state index contributed by atoms with van der Waals surface area (Å²) in [7, 11) is 0. The minimum absolute atomic E-state index is 0.113. The Balaban J connectivity index is 1.39. The van der Waals surface area contributed by atoms with Gasteiger partial charge in [0.1, 0.15) is 5.82 Å². The molecule has 3 heterocycles. The summed E-state index contributed by atoms with van der Waals surface area (Å²) in [5.74, 6) is -0.269. The van der Waals surface area contributed by atoms with E-state index in [0.29, 0.717) is 12.8 Å². The molecule has 2 aliphatic rings. The maximum atomic E-state index is 13.5. The molecular weight excluding hydrogens is 343 g/mol. The van der Waals surface area contributed by atoms with E-state index in [1.807, 2.05) is 0 Å². The number of benzene rings is 1. The molecule has 7 heteroatoms. The number of piperidine rings is 1. The zero-order valence-corrected chi connectivity index (χ0v) is 14.6. The van der Waals surface area contributed by atoms with E-state index < -0.39 is 5.82 Å². The summed E-state index contributed by atoms with van der Waals surface area (Å²) in [5, 5.41) is 8.62. The highest BCUT2D eigenvalue weighted by atomic mass is 35.5. The monoisotopic (exact) mass is 362 g/mol. The molecule has 1 amide bonds. The minimum atomic E-state index is -0.431. The van der Waals surface area contributed by atoms with Gasteiger partial charge in [0.25, 0.3) is 0 Å². The number of carbonyl (C=O) groups excluding carboxylic acids is 1. The lowest BCUT2D eigenvalue weighted by molar-refractivity contribution is -0.136. The second kappa shape index (κ2) is 6.75. The van der Waals surface area contributed by atoms with E-state index in [4.69, 9.17) is 11.6 Å². The molecule has 2 fully saturated rings. The third-order valence-electron chi connectivity index (χ3n) is 5.37. The zero-order valence-electron chi connectivity index (χ0n) is 13.8. The number of hydrogen-bond donors (Lipinski definition) is 0. The van der Waals surface area contributed by atoms with Crippen LogP contribution in [0.25, 0.3) is 0 Å². The van der Waals surface area contributed by atoms with Gasteiger partial charge in [-0.2, -0.15) is 15.0 Å². The summed E-state index contributed by atoms with van der Waals surface area (Å²) in [4.78, 5) is 16.6. The number of aryl methyl sites for hydroxylation is 1. The first kappa shape index (κ1) is 16.5. The summed E-state index contributed by atoms with van der Waals surface area (Å²) in [6, 6.07) is 5.56. The molecule has 2 saturated heterocycles. The van der Waals surface area contributed by atoms with Gasteiger partial charge in [0, 0.05) is 18.5 Å². The van der Waals surface area contributed by atoms with Crippen LogP contribution < -0.4 is 0 Å². The molecule has 0 aliphatic carbocycles. The maximum absolute atomic E-state index is 13.5. The molecule has 1 aromatic carbocycles. The molecule has 2 aromatic rings. The average molecular weight is 363 g/mol. The summed E-state index contributed by atoms with van der Waals surface area (Å²) < 4.78 is 13.5. The van der Waals surface area contributed by atoms with Gasteiger partial charge in [-0.05, 0) is 49.8 Å². The molecule has 2 unspecified atom stereocenters. The molecular formula is C18H20ClFN4O. The highest BCUT2D eigenvalue weighted by molar-refractivity contribution is 6.30. The van der Waals surface area contributed by atoms with E-state index in [2.05, 4.69) is 15.1 Å². The number of hydrogen-bond acceptors (Lipinski definition) is 3. The van der Waals surface area contributed by atoms with Gasteiger partial charge in [-0.15, -0.1) is 0 Å². The molecule has 0 spiro atoms. The van der Waals surface area contributed by atoms with Gasteiger partial charge in [-0.25, -0.2) is 4.39 Å². The summed E-state index contributed by atoms with van der Waals surface area (Å²) in [6.45, 7) is 0. The molecule has 2 atom stereocenters. The van der Waals surface area contributed by atoms with Crippen molar-refractivity contribution in [3.05, 3.63) is 47.0 Å². The fraction of sp³-hybridized carbons (Fsp3) is 0.500. The second-order valence-electron chi connectivity index (χ2n) is 6.91. The van der Waals surface area contributed by atoms with Crippen LogP contribution in [0.4, 0.5) is 4.39 Å². The Morgan fingerprint density at radius 2 is 1.84 bits per heavy atom. The second-order valence-corrected chi connectivity index (χ2v) is 7.32. The van der Waals surface area contributed by atoms with Crippen molar-refractivity contribution < 1.29 is 9.18 Å². The first-order chi connectivity index (χ1) is 12.1. The Bertz CT molecular complexity index is 752. The van der Waals surface area contributed by atoms with Crippen LogP contribution >= 0.6 is 11.6 Å². The molecule has 0 saturated carbocycles. The Kier molecular flexibility index (Phi) is 4.46. The normalized spacial score (nSPS) is 25.4. The molecule has 5 nitrogen and oxygen atoms in total. The van der Waals surface area contributed by atoms with Gasteiger partial charge in [0.05, 0.1) is 23.5 Å². The third-order valence-corrected chi connectivity index (χ3v) is 5.68. The molecule has 0 radical (unpaired) electrons. The molecule has 132 valence electrons. The van der Waals surface area contributed by atoms with Gasteiger partial charge in [0.15, 0.2) is 0 Å². The van der Waals surface area contributed by atoms with Crippen LogP contribution in [0.5, 0.6) is 0 Å². The maximum Gasteiger partial charge on any atom is 0.223 e. The van der Waals surface area contributed by atoms with Crippen LogP contribution in [0.3, 0.4) is 0 Å². The average Bonchev–Trinajstić information content (AvgIpc) is 3.22. The van der Waals surface area contributed by atoms with Crippen LogP contribution in [0, 0.1) is 5.82 Å². The van der Waals surface area contributed by atoms with E-state index >= 15 is 0 Å². The number of aromatic nitrogens is 3. The fourth-order valence-corrected chi connectivity index (χ4v) is 4.35. The fourth-order valence-electron chi connectivity index (χ4n) is 4.23. The molecule has 2 aliphatic heterocycles. The molecule has 2 bridgehead atoms. The first-order valence-corrected chi connectivity index (χ1v) is 9.10. The largest absolute Gasteiger partial charge is 0.337 e. The van der Waals surface area contributed by atoms with E-state index in [0.717, 1.165) is 31.2 Å². The number of nitrogens with zero attached hydrogens (tertiary/aromatic N) is 4. The number of halogens is 2. The molecule has 1 aromatic heterocycles. The predicted octanol–water partition coefficient (Wildman–Crippen LogP) is 3.40. The van der Waals surface area contributed by atoms with Crippen LogP contribution in [-0.4, -0.2) is 37.9 Å². The third kappa shape index (κ3) is 3.27. The van der Waals surface area contributed by atoms with E-state index in [-0.39, 0.29) is 29.1 Å². The highest BCUT2D eigenvalue weighted by Crippen LogP contribution is 2.40. The summed E-state index contributed by atoms with van der Waals surface area (Å²) >= 11 is 5.71. The summed E-state index contributed by atoms with van der Waals surface area (Å²) in [5.41, 5.74) is 0.804. The lowest BCUT2D eigenvalue weighted by Gasteiger charge is -2.38. The van der Waals surface area contributed by atoms with Crippen molar-refractivity contribution in [3.8, 4) is 0 Å². The highest BCUT2D eigenvalue weighted by Gasteiger charge is 2.43.